The Morgan fingerprint density at radius 1 is 1.35 bits per heavy atom. The molecule has 2 heterocycles. The normalized spacial score (nSPS) is 17.5. The molecule has 0 atom stereocenters. The van der Waals surface area contributed by atoms with Gasteiger partial charge in [-0.3, -0.25) is 4.98 Å². The summed E-state index contributed by atoms with van der Waals surface area (Å²) in [7, 11) is -2.22. The number of methoxy groups -OCH3 is 1. The number of aryl methyl sites for hydroxylation is 1. The van der Waals surface area contributed by atoms with Gasteiger partial charge in [-0.15, -0.1) is 0 Å². The van der Waals surface area contributed by atoms with E-state index in [0.717, 1.165) is 25.7 Å². The molecule has 2 N–H and O–H groups in total. The Morgan fingerprint density at radius 3 is 2.65 bits per heavy atom. The number of primary sulfonamides is 1. The minimum Gasteiger partial charge on any atom is -0.370 e. The summed E-state index contributed by atoms with van der Waals surface area (Å²) in [5.41, 5.74) is 0.491. The van der Waals surface area contributed by atoms with Crippen molar-refractivity contribution in [2.24, 2.45) is 5.14 Å². The lowest BCUT2D eigenvalue weighted by Crippen LogP contribution is -2.25. The highest BCUT2D eigenvalue weighted by Crippen LogP contribution is 2.40. The van der Waals surface area contributed by atoms with Crippen LogP contribution in [-0.4, -0.2) is 30.7 Å². The fourth-order valence-corrected chi connectivity index (χ4v) is 3.35. The minimum absolute atomic E-state index is 0.0971. The van der Waals surface area contributed by atoms with E-state index in [1.54, 1.807) is 14.0 Å². The van der Waals surface area contributed by atoms with Crippen LogP contribution in [0.15, 0.2) is 21.7 Å². The Hall–Kier alpha value is -1.84. The molecule has 0 radical (unpaired) electrons. The maximum atomic E-state index is 11.5. The highest BCUT2D eigenvalue weighted by molar-refractivity contribution is 7.89. The van der Waals surface area contributed by atoms with Crippen molar-refractivity contribution < 1.29 is 17.7 Å². The zero-order valence-corrected chi connectivity index (χ0v) is 13.8. The molecule has 0 bridgehead atoms. The van der Waals surface area contributed by atoms with E-state index in [-0.39, 0.29) is 10.8 Å². The predicted molar refractivity (Wildman–Crippen MR) is 80.8 cm³/mol. The van der Waals surface area contributed by atoms with E-state index in [1.165, 1.54) is 12.3 Å². The van der Waals surface area contributed by atoms with Crippen LogP contribution in [0, 0.1) is 6.92 Å². The summed E-state index contributed by atoms with van der Waals surface area (Å²) >= 11 is 0. The van der Waals surface area contributed by atoms with Gasteiger partial charge in [0.25, 0.3) is 5.89 Å². The monoisotopic (exact) mass is 338 g/mol. The standard InChI is InChI=1S/C14H18N4O4S/c1-9-11(7-10(8-16-9)23(15,19)20)12-17-13(18-22-12)14(21-2)5-3-4-6-14/h7-8H,3-6H2,1-2H3,(H2,15,19,20). The average molecular weight is 338 g/mol. The lowest BCUT2D eigenvalue weighted by atomic mass is 10.0. The summed E-state index contributed by atoms with van der Waals surface area (Å²) in [5, 5.41) is 9.18. The maximum absolute atomic E-state index is 11.5. The molecule has 3 rings (SSSR count). The van der Waals surface area contributed by atoms with Crippen LogP contribution in [-0.2, 0) is 20.4 Å². The van der Waals surface area contributed by atoms with Crippen LogP contribution in [0.5, 0.6) is 0 Å². The highest BCUT2D eigenvalue weighted by atomic mass is 32.2. The van der Waals surface area contributed by atoms with E-state index >= 15 is 0 Å². The topological polar surface area (TPSA) is 121 Å². The maximum Gasteiger partial charge on any atom is 0.259 e. The minimum atomic E-state index is -3.85. The third kappa shape index (κ3) is 2.87. The summed E-state index contributed by atoms with van der Waals surface area (Å²) in [6.45, 7) is 1.73. The molecule has 23 heavy (non-hydrogen) atoms. The van der Waals surface area contributed by atoms with Gasteiger partial charge in [0.2, 0.25) is 15.8 Å². The van der Waals surface area contributed by atoms with E-state index < -0.39 is 15.6 Å². The summed E-state index contributed by atoms with van der Waals surface area (Å²) in [6.07, 6.45) is 4.95. The van der Waals surface area contributed by atoms with E-state index in [4.69, 9.17) is 14.4 Å². The van der Waals surface area contributed by atoms with Gasteiger partial charge in [0.1, 0.15) is 10.5 Å². The number of rotatable bonds is 4. The molecule has 0 aliphatic heterocycles. The molecule has 2 aromatic heterocycles. The Balaban J connectivity index is 2.04. The Morgan fingerprint density at radius 2 is 2.04 bits per heavy atom. The molecular formula is C14H18N4O4S. The van der Waals surface area contributed by atoms with Crippen LogP contribution in [0.3, 0.4) is 0 Å². The van der Waals surface area contributed by atoms with E-state index in [9.17, 15) is 8.42 Å². The first-order chi connectivity index (χ1) is 10.9. The van der Waals surface area contributed by atoms with Crippen LogP contribution in [0.2, 0.25) is 0 Å². The zero-order valence-electron chi connectivity index (χ0n) is 12.9. The Bertz CT molecular complexity index is 825. The molecule has 1 fully saturated rings. The SMILES string of the molecule is COC1(c2noc(-c3cc(S(N)(=O)=O)cnc3C)n2)CCCC1. The molecule has 0 saturated heterocycles. The Kier molecular flexibility index (Phi) is 3.95. The number of ether oxygens (including phenoxy) is 1. The molecule has 0 unspecified atom stereocenters. The Labute approximate surface area is 134 Å². The molecule has 0 amide bonds. The smallest absolute Gasteiger partial charge is 0.259 e. The first-order valence-electron chi connectivity index (χ1n) is 7.25. The van der Waals surface area contributed by atoms with Gasteiger partial charge in [-0.05, 0) is 38.7 Å². The molecule has 9 heteroatoms. The number of sulfonamides is 1. The molecular weight excluding hydrogens is 320 g/mol. The lowest BCUT2D eigenvalue weighted by Gasteiger charge is -2.22. The molecule has 1 aliphatic rings. The van der Waals surface area contributed by atoms with Gasteiger partial charge in [0.15, 0.2) is 0 Å². The zero-order chi connectivity index (χ0) is 16.7. The second-order valence-corrected chi connectivity index (χ2v) is 7.24. The largest absolute Gasteiger partial charge is 0.370 e. The van der Waals surface area contributed by atoms with Gasteiger partial charge in [0.05, 0.1) is 11.3 Å². The molecule has 0 spiro atoms. The summed E-state index contributed by atoms with van der Waals surface area (Å²) < 4.78 is 33.9. The number of hydrogen-bond acceptors (Lipinski definition) is 7. The van der Waals surface area contributed by atoms with Gasteiger partial charge < -0.3 is 9.26 Å². The fourth-order valence-electron chi connectivity index (χ4n) is 2.87. The van der Waals surface area contributed by atoms with Crippen molar-refractivity contribution in [1.82, 2.24) is 15.1 Å². The van der Waals surface area contributed by atoms with Crippen molar-refractivity contribution in [2.45, 2.75) is 43.1 Å². The van der Waals surface area contributed by atoms with E-state index in [1.807, 2.05) is 0 Å². The number of nitrogens with two attached hydrogens (primary N) is 1. The first kappa shape index (κ1) is 16.0. The molecule has 124 valence electrons. The number of pyridine rings is 1. The summed E-state index contributed by atoms with van der Waals surface area (Å²) in [6, 6.07) is 1.39. The molecule has 2 aromatic rings. The van der Waals surface area contributed by atoms with Gasteiger partial charge in [-0.1, -0.05) is 5.16 Å². The van der Waals surface area contributed by atoms with Crippen molar-refractivity contribution in [3.8, 4) is 11.5 Å². The molecule has 8 nitrogen and oxygen atoms in total. The predicted octanol–water partition coefficient (Wildman–Crippen LogP) is 1.50. The van der Waals surface area contributed by atoms with Crippen molar-refractivity contribution >= 4 is 10.0 Å². The van der Waals surface area contributed by atoms with E-state index in [2.05, 4.69) is 15.1 Å². The molecule has 0 aromatic carbocycles. The van der Waals surface area contributed by atoms with Crippen LogP contribution in [0.4, 0.5) is 0 Å². The van der Waals surface area contributed by atoms with Crippen molar-refractivity contribution in [3.63, 3.8) is 0 Å². The summed E-state index contributed by atoms with van der Waals surface area (Å²) in [4.78, 5) is 8.36. The highest BCUT2D eigenvalue weighted by Gasteiger charge is 2.40. The number of nitrogens with zero attached hydrogens (tertiary/aromatic N) is 3. The van der Waals surface area contributed by atoms with Crippen LogP contribution < -0.4 is 5.14 Å². The van der Waals surface area contributed by atoms with Crippen LogP contribution in [0.1, 0.15) is 37.2 Å². The third-order valence-corrected chi connectivity index (χ3v) is 5.14. The second kappa shape index (κ2) is 5.66. The van der Waals surface area contributed by atoms with Gasteiger partial charge in [0, 0.05) is 13.3 Å². The van der Waals surface area contributed by atoms with Gasteiger partial charge in [-0.25, -0.2) is 13.6 Å². The van der Waals surface area contributed by atoms with E-state index in [0.29, 0.717) is 17.1 Å². The summed E-state index contributed by atoms with van der Waals surface area (Å²) in [5.74, 6) is 0.687. The average Bonchev–Trinajstić information content (AvgIpc) is 3.16. The lowest BCUT2D eigenvalue weighted by molar-refractivity contribution is -0.0178. The molecule has 1 saturated carbocycles. The van der Waals surface area contributed by atoms with Crippen molar-refractivity contribution in [2.75, 3.05) is 7.11 Å². The van der Waals surface area contributed by atoms with Crippen molar-refractivity contribution in [3.05, 3.63) is 23.8 Å². The first-order valence-corrected chi connectivity index (χ1v) is 8.79. The third-order valence-electron chi connectivity index (χ3n) is 4.26. The van der Waals surface area contributed by atoms with Crippen LogP contribution in [0.25, 0.3) is 11.5 Å². The van der Waals surface area contributed by atoms with Crippen LogP contribution >= 0.6 is 0 Å². The number of hydrogen-bond donors (Lipinski definition) is 1. The second-order valence-electron chi connectivity index (χ2n) is 5.68. The molecule has 1 aliphatic carbocycles. The van der Waals surface area contributed by atoms with Crippen molar-refractivity contribution in [1.29, 1.82) is 0 Å². The van der Waals surface area contributed by atoms with Gasteiger partial charge in [-0.2, -0.15) is 4.98 Å². The number of aromatic nitrogens is 3. The fraction of sp³-hybridized carbons (Fsp3) is 0.500. The quantitative estimate of drug-likeness (QED) is 0.896. The van der Waals surface area contributed by atoms with Gasteiger partial charge >= 0.3 is 0 Å².